The van der Waals surface area contributed by atoms with Gasteiger partial charge < -0.3 is 4.57 Å². The highest BCUT2D eigenvalue weighted by Gasteiger charge is 2.27. The molecule has 122 valence electrons. The second-order valence-corrected chi connectivity index (χ2v) is 6.93. The molecule has 0 aliphatic carbocycles. The molecular weight excluding hydrogens is 306 g/mol. The molecule has 0 spiro atoms. The van der Waals surface area contributed by atoms with Crippen molar-refractivity contribution in [1.82, 2.24) is 9.55 Å². The minimum atomic E-state index is 0.902. The smallest absolute Gasteiger partial charge is 0.241 e. The van der Waals surface area contributed by atoms with Crippen LogP contribution in [0.15, 0.2) is 48.5 Å². The fourth-order valence-corrected chi connectivity index (χ4v) is 4.10. The van der Waals surface area contributed by atoms with E-state index in [0.29, 0.717) is 0 Å². The Kier molecular flexibility index (Phi) is 2.90. The largest absolute Gasteiger partial charge is 0.302 e. The number of hydrogen-bond acceptors (Lipinski definition) is 1. The number of imidazole rings is 1. The van der Waals surface area contributed by atoms with Crippen LogP contribution in [0.1, 0.15) is 17.0 Å². The molecule has 3 nitrogen and oxygen atoms in total. The summed E-state index contributed by atoms with van der Waals surface area (Å²) in [6, 6.07) is 15.3. The Morgan fingerprint density at radius 1 is 1.08 bits per heavy atom. The van der Waals surface area contributed by atoms with Crippen LogP contribution < -0.4 is 4.57 Å². The summed E-state index contributed by atoms with van der Waals surface area (Å²) >= 11 is 0. The summed E-state index contributed by atoms with van der Waals surface area (Å²) in [6.07, 6.45) is 5.24. The van der Waals surface area contributed by atoms with Crippen LogP contribution in [-0.4, -0.2) is 9.55 Å². The van der Waals surface area contributed by atoms with Crippen molar-refractivity contribution in [3.05, 3.63) is 65.5 Å². The molecule has 0 atom stereocenters. The van der Waals surface area contributed by atoms with Gasteiger partial charge in [0.1, 0.15) is 12.9 Å². The molecule has 4 aromatic rings. The van der Waals surface area contributed by atoms with Gasteiger partial charge in [-0.05, 0) is 31.5 Å². The Morgan fingerprint density at radius 3 is 2.76 bits per heavy atom. The third-order valence-corrected chi connectivity index (χ3v) is 5.26. The highest BCUT2D eigenvalue weighted by Crippen LogP contribution is 2.34. The summed E-state index contributed by atoms with van der Waals surface area (Å²) in [4.78, 5) is 5.02. The average Bonchev–Trinajstić information content (AvgIpc) is 3.17. The fraction of sp³-hybridized carbons (Fsp3) is 0.182. The summed E-state index contributed by atoms with van der Waals surface area (Å²) in [5, 5.41) is 1.25. The monoisotopic (exact) mass is 326 g/mol. The van der Waals surface area contributed by atoms with Gasteiger partial charge >= 0.3 is 0 Å². The molecule has 0 fully saturated rings. The quantitative estimate of drug-likeness (QED) is 0.477. The summed E-state index contributed by atoms with van der Waals surface area (Å²) in [5.74, 6) is 1.12. The molecule has 5 rings (SSSR count). The number of rotatable bonds is 1. The van der Waals surface area contributed by atoms with Crippen molar-refractivity contribution >= 4 is 28.1 Å². The van der Waals surface area contributed by atoms with E-state index in [1.54, 1.807) is 0 Å². The number of allylic oxidation sites excluding steroid dienone is 1. The molecule has 0 saturated heterocycles. The van der Waals surface area contributed by atoms with E-state index in [-0.39, 0.29) is 0 Å². The molecule has 3 heterocycles. The number of hydrogen-bond donors (Lipinski definition) is 0. The Morgan fingerprint density at radius 2 is 1.92 bits per heavy atom. The first-order chi connectivity index (χ1) is 12.1. The molecule has 25 heavy (non-hydrogen) atoms. The van der Waals surface area contributed by atoms with Gasteiger partial charge in [-0.15, -0.1) is 0 Å². The van der Waals surface area contributed by atoms with E-state index in [9.17, 15) is 0 Å². The van der Waals surface area contributed by atoms with Crippen LogP contribution in [0.25, 0.3) is 39.4 Å². The molecule has 1 aliphatic rings. The van der Waals surface area contributed by atoms with Crippen LogP contribution in [0.3, 0.4) is 0 Å². The van der Waals surface area contributed by atoms with Crippen molar-refractivity contribution in [3.63, 3.8) is 0 Å². The van der Waals surface area contributed by atoms with Gasteiger partial charge in [0.25, 0.3) is 0 Å². The minimum absolute atomic E-state index is 0.902. The van der Waals surface area contributed by atoms with Crippen molar-refractivity contribution in [2.45, 2.75) is 20.3 Å². The van der Waals surface area contributed by atoms with Crippen LogP contribution in [-0.2, 0) is 13.5 Å². The Labute approximate surface area is 146 Å². The summed E-state index contributed by atoms with van der Waals surface area (Å²) in [5.41, 5.74) is 8.56. The van der Waals surface area contributed by atoms with Crippen molar-refractivity contribution in [3.8, 4) is 11.3 Å². The molecule has 0 N–H and O–H groups in total. The van der Waals surface area contributed by atoms with Crippen molar-refractivity contribution < 1.29 is 4.57 Å². The number of aryl methyl sites for hydroxylation is 3. The molecule has 0 unspecified atom stereocenters. The van der Waals surface area contributed by atoms with Gasteiger partial charge in [-0.1, -0.05) is 35.9 Å². The maximum Gasteiger partial charge on any atom is 0.241 e. The van der Waals surface area contributed by atoms with E-state index in [1.807, 2.05) is 0 Å². The molecule has 2 aromatic carbocycles. The van der Waals surface area contributed by atoms with Crippen LogP contribution in [0.5, 0.6) is 0 Å². The van der Waals surface area contributed by atoms with E-state index < -0.39 is 0 Å². The zero-order chi connectivity index (χ0) is 17.1. The van der Waals surface area contributed by atoms with Crippen LogP contribution in [0, 0.1) is 13.8 Å². The third-order valence-electron chi connectivity index (χ3n) is 5.26. The van der Waals surface area contributed by atoms with Crippen molar-refractivity contribution in [2.24, 2.45) is 7.05 Å². The summed E-state index contributed by atoms with van der Waals surface area (Å²) < 4.78 is 4.55. The number of pyridine rings is 1. The Bertz CT molecular complexity index is 1200. The molecule has 1 aliphatic heterocycles. The number of nitrogens with zero attached hydrogens (tertiary/aromatic N) is 3. The number of aromatic nitrogens is 3. The fourth-order valence-electron chi connectivity index (χ4n) is 4.10. The zero-order valence-corrected chi connectivity index (χ0v) is 14.7. The molecule has 3 heteroatoms. The highest BCUT2D eigenvalue weighted by molar-refractivity contribution is 6.06. The van der Waals surface area contributed by atoms with Gasteiger partial charge in [0.2, 0.25) is 11.2 Å². The molecule has 2 aromatic heterocycles. The number of para-hydroxylation sites is 1. The van der Waals surface area contributed by atoms with E-state index in [2.05, 4.69) is 84.8 Å². The SMILES string of the molecule is Cc1ccc(-c2c3nc4n(c3c3ccccc3[n+]2C)C=CC4)c(C)c1. The lowest BCUT2D eigenvalue weighted by atomic mass is 10.00. The average molecular weight is 326 g/mol. The van der Waals surface area contributed by atoms with Gasteiger partial charge in [0.05, 0.1) is 16.5 Å². The van der Waals surface area contributed by atoms with Gasteiger partial charge in [-0.2, -0.15) is 4.57 Å². The van der Waals surface area contributed by atoms with Gasteiger partial charge in [0, 0.05) is 18.7 Å². The van der Waals surface area contributed by atoms with E-state index in [4.69, 9.17) is 4.98 Å². The van der Waals surface area contributed by atoms with Crippen LogP contribution in [0.4, 0.5) is 0 Å². The van der Waals surface area contributed by atoms with Crippen LogP contribution in [0.2, 0.25) is 0 Å². The summed E-state index contributed by atoms with van der Waals surface area (Å²) in [7, 11) is 2.15. The second-order valence-electron chi connectivity index (χ2n) is 6.93. The molecule has 0 saturated carbocycles. The predicted octanol–water partition coefficient (Wildman–Crippen LogP) is 4.32. The normalized spacial score (nSPS) is 13.1. The first-order valence-corrected chi connectivity index (χ1v) is 8.71. The zero-order valence-electron chi connectivity index (χ0n) is 14.7. The topological polar surface area (TPSA) is 21.7 Å². The second kappa shape index (κ2) is 5.03. The third kappa shape index (κ3) is 1.92. The lowest BCUT2D eigenvalue weighted by Gasteiger charge is -2.09. The minimum Gasteiger partial charge on any atom is -0.302 e. The van der Waals surface area contributed by atoms with E-state index in [0.717, 1.165) is 17.8 Å². The van der Waals surface area contributed by atoms with Gasteiger partial charge in [0.15, 0.2) is 5.52 Å². The molecule has 0 bridgehead atoms. The first kappa shape index (κ1) is 14.4. The van der Waals surface area contributed by atoms with Gasteiger partial charge in [-0.3, -0.25) is 0 Å². The first-order valence-electron chi connectivity index (χ1n) is 8.71. The van der Waals surface area contributed by atoms with Crippen LogP contribution >= 0.6 is 0 Å². The van der Waals surface area contributed by atoms with Crippen molar-refractivity contribution in [1.29, 1.82) is 0 Å². The number of benzene rings is 2. The highest BCUT2D eigenvalue weighted by atomic mass is 15.1. The summed E-state index contributed by atoms with van der Waals surface area (Å²) in [6.45, 7) is 4.33. The Balaban J connectivity index is 2.02. The lowest BCUT2D eigenvalue weighted by Crippen LogP contribution is -2.32. The maximum absolute atomic E-state index is 5.02. The molecule has 0 radical (unpaired) electrons. The predicted molar refractivity (Wildman–Crippen MR) is 102 cm³/mol. The maximum atomic E-state index is 5.02. The van der Waals surface area contributed by atoms with E-state index in [1.165, 1.54) is 38.8 Å². The molecular formula is C22H20N3+. The van der Waals surface area contributed by atoms with E-state index >= 15 is 0 Å². The standard InChI is InChI=1S/C22H20N3/c1-14-10-11-16(15(2)13-14)21-20-22(25-12-6-9-19(25)23-20)17-7-4-5-8-18(17)24(21)3/h4-8,10-13H,9H2,1-3H3/q+1. The lowest BCUT2D eigenvalue weighted by molar-refractivity contribution is -0.632. The molecule has 0 amide bonds. The Hall–Kier alpha value is -2.94. The number of fused-ring (bicyclic) bond motifs is 5. The van der Waals surface area contributed by atoms with Crippen molar-refractivity contribution in [2.75, 3.05) is 0 Å². The van der Waals surface area contributed by atoms with Gasteiger partial charge in [-0.25, -0.2) is 4.98 Å².